The van der Waals surface area contributed by atoms with Crippen LogP contribution < -0.4 is 10.6 Å². The third-order valence-electron chi connectivity index (χ3n) is 3.53. The Hall–Kier alpha value is -2.93. The number of furan rings is 1. The molecule has 0 radical (unpaired) electrons. The Morgan fingerprint density at radius 2 is 1.81 bits per heavy atom. The molecular weight excluding hydrogens is 398 g/mol. The number of rotatable bonds is 5. The first kappa shape index (κ1) is 17.9. The zero-order valence-corrected chi connectivity index (χ0v) is 15.5. The molecule has 0 bridgehead atoms. The van der Waals surface area contributed by atoms with Gasteiger partial charge in [0.15, 0.2) is 10.4 Å². The summed E-state index contributed by atoms with van der Waals surface area (Å²) in [5.41, 5.74) is 2.28. The number of hydrogen-bond donors (Lipinski definition) is 2. The van der Waals surface area contributed by atoms with Crippen molar-refractivity contribution in [3.8, 4) is 0 Å². The maximum absolute atomic E-state index is 12.1. The van der Waals surface area contributed by atoms with Crippen LogP contribution in [0.2, 0.25) is 0 Å². The van der Waals surface area contributed by atoms with Gasteiger partial charge in [-0.1, -0.05) is 18.2 Å². The Kier molecular flexibility index (Phi) is 5.48. The van der Waals surface area contributed by atoms with Gasteiger partial charge in [-0.3, -0.25) is 9.59 Å². The minimum Gasteiger partial charge on any atom is -0.444 e. The number of benzene rings is 1. The Labute approximate surface area is 158 Å². The Morgan fingerprint density at radius 3 is 2.46 bits per heavy atom. The summed E-state index contributed by atoms with van der Waals surface area (Å²) in [7, 11) is 0. The highest BCUT2D eigenvalue weighted by molar-refractivity contribution is 9.10. The number of aryl methyl sites for hydroxylation is 1. The highest BCUT2D eigenvalue weighted by Crippen LogP contribution is 2.17. The van der Waals surface area contributed by atoms with Crippen LogP contribution in [0.1, 0.15) is 21.8 Å². The molecule has 3 rings (SSSR count). The molecule has 0 aliphatic carbocycles. The fourth-order valence-corrected chi connectivity index (χ4v) is 2.63. The van der Waals surface area contributed by atoms with Gasteiger partial charge in [-0.15, -0.1) is 0 Å². The van der Waals surface area contributed by atoms with Crippen LogP contribution in [0.4, 0.5) is 11.5 Å². The molecule has 0 spiro atoms. The van der Waals surface area contributed by atoms with Crippen LogP contribution in [0.25, 0.3) is 0 Å². The fourth-order valence-electron chi connectivity index (χ4n) is 2.32. The van der Waals surface area contributed by atoms with Crippen LogP contribution in [0.5, 0.6) is 0 Å². The van der Waals surface area contributed by atoms with Crippen LogP contribution in [0.15, 0.2) is 63.7 Å². The van der Waals surface area contributed by atoms with Crippen molar-refractivity contribution in [2.45, 2.75) is 13.3 Å². The first-order valence-corrected chi connectivity index (χ1v) is 8.68. The van der Waals surface area contributed by atoms with Gasteiger partial charge in [-0.05, 0) is 64.8 Å². The summed E-state index contributed by atoms with van der Waals surface area (Å²) in [6.07, 6.45) is 0.217. The number of nitrogens with one attached hydrogen (secondary N) is 2. The predicted molar refractivity (Wildman–Crippen MR) is 102 cm³/mol. The van der Waals surface area contributed by atoms with Crippen molar-refractivity contribution in [2.75, 3.05) is 10.6 Å². The molecule has 0 aliphatic heterocycles. The number of nitrogens with zero attached hydrogens (tertiary/aromatic N) is 1. The quantitative estimate of drug-likeness (QED) is 0.656. The lowest BCUT2D eigenvalue weighted by Gasteiger charge is -2.07. The summed E-state index contributed by atoms with van der Waals surface area (Å²) in [6, 6.07) is 15.7. The maximum Gasteiger partial charge on any atom is 0.291 e. The molecule has 1 aromatic carbocycles. The molecule has 6 nitrogen and oxygen atoms in total. The standard InChI is InChI=1S/C19H16BrN3O3/c1-12-3-2-4-17(21-12)23-18(24)11-13-5-7-14(8-6-13)22-19(25)15-9-10-16(20)26-15/h2-10H,11H2,1H3,(H,22,25)(H,21,23,24). The molecule has 0 fully saturated rings. The van der Waals surface area contributed by atoms with Gasteiger partial charge in [0.25, 0.3) is 5.91 Å². The Morgan fingerprint density at radius 1 is 1.04 bits per heavy atom. The van der Waals surface area contributed by atoms with Crippen molar-refractivity contribution in [2.24, 2.45) is 0 Å². The third-order valence-corrected chi connectivity index (χ3v) is 3.96. The summed E-state index contributed by atoms with van der Waals surface area (Å²) in [6.45, 7) is 1.87. The topological polar surface area (TPSA) is 84.2 Å². The van der Waals surface area contributed by atoms with Gasteiger partial charge in [0.2, 0.25) is 5.91 Å². The van der Waals surface area contributed by atoms with Gasteiger partial charge in [0, 0.05) is 11.4 Å². The van der Waals surface area contributed by atoms with Crippen molar-refractivity contribution in [1.29, 1.82) is 0 Å². The second-order valence-corrected chi connectivity index (χ2v) is 6.43. The summed E-state index contributed by atoms with van der Waals surface area (Å²) in [5, 5.41) is 5.50. The van der Waals surface area contributed by atoms with Crippen LogP contribution in [-0.2, 0) is 11.2 Å². The molecule has 0 unspecified atom stereocenters. The molecule has 0 aliphatic rings. The monoisotopic (exact) mass is 413 g/mol. The Bertz CT molecular complexity index is 935. The van der Waals surface area contributed by atoms with Gasteiger partial charge in [-0.25, -0.2) is 4.98 Å². The second-order valence-electron chi connectivity index (χ2n) is 5.64. The summed E-state index contributed by atoms with van der Waals surface area (Å²) in [5.74, 6) is 0.251. The maximum atomic E-state index is 12.1. The lowest BCUT2D eigenvalue weighted by molar-refractivity contribution is -0.115. The van der Waals surface area contributed by atoms with E-state index in [0.29, 0.717) is 16.2 Å². The number of carbonyl (C=O) groups excluding carboxylic acids is 2. The number of amides is 2. The van der Waals surface area contributed by atoms with Crippen molar-refractivity contribution in [1.82, 2.24) is 4.98 Å². The number of carbonyl (C=O) groups is 2. The molecule has 0 atom stereocenters. The molecule has 2 heterocycles. The van der Waals surface area contributed by atoms with Crippen molar-refractivity contribution in [3.63, 3.8) is 0 Å². The van der Waals surface area contributed by atoms with Gasteiger partial charge in [0.1, 0.15) is 5.82 Å². The lowest BCUT2D eigenvalue weighted by atomic mass is 10.1. The van der Waals surface area contributed by atoms with E-state index in [9.17, 15) is 9.59 Å². The molecule has 132 valence electrons. The number of aromatic nitrogens is 1. The van der Waals surface area contributed by atoms with E-state index in [2.05, 4.69) is 31.5 Å². The third kappa shape index (κ3) is 4.80. The van der Waals surface area contributed by atoms with E-state index in [1.165, 1.54) is 0 Å². The van der Waals surface area contributed by atoms with Crippen LogP contribution in [0.3, 0.4) is 0 Å². The fraction of sp³-hybridized carbons (Fsp3) is 0.105. The molecular formula is C19H16BrN3O3. The van der Waals surface area contributed by atoms with E-state index >= 15 is 0 Å². The van der Waals surface area contributed by atoms with Crippen LogP contribution in [0, 0.1) is 6.92 Å². The second kappa shape index (κ2) is 7.97. The molecule has 2 amide bonds. The molecule has 0 saturated carbocycles. The van der Waals surface area contributed by atoms with Gasteiger partial charge in [-0.2, -0.15) is 0 Å². The van der Waals surface area contributed by atoms with E-state index in [4.69, 9.17) is 4.42 Å². The molecule has 2 N–H and O–H groups in total. The van der Waals surface area contributed by atoms with Crippen molar-refractivity contribution in [3.05, 3.63) is 76.3 Å². The largest absolute Gasteiger partial charge is 0.444 e. The van der Waals surface area contributed by atoms with Crippen LogP contribution >= 0.6 is 15.9 Å². The first-order chi connectivity index (χ1) is 12.5. The average Bonchev–Trinajstić information content (AvgIpc) is 3.03. The first-order valence-electron chi connectivity index (χ1n) is 7.89. The van der Waals surface area contributed by atoms with E-state index in [-0.39, 0.29) is 24.0 Å². The van der Waals surface area contributed by atoms with E-state index in [0.717, 1.165) is 11.3 Å². The van der Waals surface area contributed by atoms with Gasteiger partial charge in [0.05, 0.1) is 6.42 Å². The molecule has 3 aromatic rings. The molecule has 0 saturated heterocycles. The zero-order valence-electron chi connectivity index (χ0n) is 14.0. The molecule has 26 heavy (non-hydrogen) atoms. The number of anilines is 2. The predicted octanol–water partition coefficient (Wildman–Crippen LogP) is 4.18. The highest BCUT2D eigenvalue weighted by atomic mass is 79.9. The molecule has 7 heteroatoms. The van der Waals surface area contributed by atoms with E-state index < -0.39 is 0 Å². The van der Waals surface area contributed by atoms with Crippen molar-refractivity contribution < 1.29 is 14.0 Å². The SMILES string of the molecule is Cc1cccc(NC(=O)Cc2ccc(NC(=O)c3ccc(Br)o3)cc2)n1. The van der Waals surface area contributed by atoms with Crippen LogP contribution in [-0.4, -0.2) is 16.8 Å². The minimum absolute atomic E-state index is 0.152. The summed E-state index contributed by atoms with van der Waals surface area (Å²) in [4.78, 5) is 28.4. The smallest absolute Gasteiger partial charge is 0.291 e. The number of pyridine rings is 1. The molecule has 2 aromatic heterocycles. The van der Waals surface area contributed by atoms with Crippen molar-refractivity contribution >= 4 is 39.2 Å². The van der Waals surface area contributed by atoms with Gasteiger partial charge >= 0.3 is 0 Å². The average molecular weight is 414 g/mol. The summed E-state index contributed by atoms with van der Waals surface area (Å²) >= 11 is 3.16. The van der Waals surface area contributed by atoms with E-state index in [1.54, 1.807) is 42.5 Å². The zero-order chi connectivity index (χ0) is 18.5. The minimum atomic E-state index is -0.341. The van der Waals surface area contributed by atoms with E-state index in [1.807, 2.05) is 19.1 Å². The van der Waals surface area contributed by atoms with Gasteiger partial charge < -0.3 is 15.1 Å². The number of hydrogen-bond acceptors (Lipinski definition) is 4. The summed E-state index contributed by atoms with van der Waals surface area (Å²) < 4.78 is 5.70. The lowest BCUT2D eigenvalue weighted by Crippen LogP contribution is -2.15. The number of halogens is 1. The Balaban J connectivity index is 1.57. The normalized spacial score (nSPS) is 10.4. The highest BCUT2D eigenvalue weighted by Gasteiger charge is 2.11.